The van der Waals surface area contributed by atoms with Gasteiger partial charge in [-0.05, 0) is 31.0 Å². The highest BCUT2D eigenvalue weighted by molar-refractivity contribution is 6.33. The van der Waals surface area contributed by atoms with Crippen molar-refractivity contribution in [2.45, 2.75) is 37.9 Å². The van der Waals surface area contributed by atoms with Crippen LogP contribution in [-0.2, 0) is 9.53 Å². The van der Waals surface area contributed by atoms with Gasteiger partial charge in [0.05, 0.1) is 28.4 Å². The average Bonchev–Trinajstić information content (AvgIpc) is 3.36. The van der Waals surface area contributed by atoms with Crippen LogP contribution in [0, 0.1) is 30.6 Å². The second-order valence-corrected chi connectivity index (χ2v) is 7.55. The van der Waals surface area contributed by atoms with Gasteiger partial charge in [-0.2, -0.15) is 5.26 Å². The third-order valence-corrected chi connectivity index (χ3v) is 6.18. The summed E-state index contributed by atoms with van der Waals surface area (Å²) in [5.74, 6) is 1.99. The van der Waals surface area contributed by atoms with Crippen LogP contribution in [0.4, 0.5) is 15.3 Å². The Labute approximate surface area is 172 Å². The van der Waals surface area contributed by atoms with Crippen molar-refractivity contribution in [1.82, 2.24) is 9.80 Å². The maximum atomic E-state index is 13.2. The number of likely N-dealkylation sites (tertiary alicyclic amines) is 1. The van der Waals surface area contributed by atoms with E-state index in [-0.39, 0.29) is 23.2 Å². The summed E-state index contributed by atoms with van der Waals surface area (Å²) in [7, 11) is 0. The van der Waals surface area contributed by atoms with Crippen LogP contribution in [0.1, 0.15) is 24.0 Å². The van der Waals surface area contributed by atoms with Crippen LogP contribution < -0.4 is 4.90 Å². The number of anilines is 1. The van der Waals surface area contributed by atoms with Crippen LogP contribution in [0.25, 0.3) is 0 Å². The molecule has 2 unspecified atom stereocenters. The zero-order chi connectivity index (χ0) is 20.9. The average molecular weight is 413 g/mol. The molecule has 0 aliphatic carbocycles. The minimum absolute atomic E-state index is 0.111. The number of fused-ring (bicyclic) bond motifs is 5. The quantitative estimate of drug-likeness (QED) is 0.431. The van der Waals surface area contributed by atoms with Crippen LogP contribution in [0.15, 0.2) is 12.1 Å². The first-order valence-electron chi connectivity index (χ1n) is 9.13. The van der Waals surface area contributed by atoms with E-state index in [0.717, 1.165) is 4.90 Å². The van der Waals surface area contributed by atoms with Gasteiger partial charge in [-0.15, -0.1) is 12.3 Å². The van der Waals surface area contributed by atoms with E-state index < -0.39 is 30.1 Å². The third-order valence-electron chi connectivity index (χ3n) is 5.69. The molecule has 4 rings (SSSR count). The van der Waals surface area contributed by atoms with Crippen LogP contribution in [0.2, 0.25) is 5.02 Å². The topological polar surface area (TPSA) is 94.0 Å². The molecule has 1 aromatic carbocycles. The van der Waals surface area contributed by atoms with E-state index in [2.05, 4.69) is 5.92 Å². The third kappa shape index (κ3) is 2.72. The molecule has 29 heavy (non-hydrogen) atoms. The van der Waals surface area contributed by atoms with E-state index >= 15 is 0 Å². The fourth-order valence-corrected chi connectivity index (χ4v) is 4.57. The molecule has 3 heterocycles. The molecular formula is C20H17ClN4O4. The van der Waals surface area contributed by atoms with Crippen molar-refractivity contribution in [2.75, 3.05) is 18.1 Å². The highest BCUT2D eigenvalue weighted by Crippen LogP contribution is 2.43. The predicted molar refractivity (Wildman–Crippen MR) is 103 cm³/mol. The number of amides is 4. The number of urea groups is 1. The highest BCUT2D eigenvalue weighted by Gasteiger charge is 2.63. The van der Waals surface area contributed by atoms with Gasteiger partial charge < -0.3 is 14.5 Å². The lowest BCUT2D eigenvalue weighted by Crippen LogP contribution is -2.55. The lowest BCUT2D eigenvalue weighted by atomic mass is 10.1. The first-order valence-corrected chi connectivity index (χ1v) is 9.50. The number of imide groups is 1. The van der Waals surface area contributed by atoms with E-state index in [1.54, 1.807) is 17.9 Å². The minimum atomic E-state index is -0.754. The highest BCUT2D eigenvalue weighted by atomic mass is 35.5. The number of halogens is 1. The van der Waals surface area contributed by atoms with Gasteiger partial charge in [0.25, 0.3) is 5.91 Å². The number of benzene rings is 1. The molecule has 9 heteroatoms. The number of hydrogen-bond acceptors (Lipinski definition) is 5. The Balaban J connectivity index is 1.61. The second kappa shape index (κ2) is 6.98. The lowest BCUT2D eigenvalue weighted by molar-refractivity contribution is -0.121. The molecule has 0 aromatic heterocycles. The summed E-state index contributed by atoms with van der Waals surface area (Å²) in [6, 6.07) is 3.14. The molecule has 0 saturated carbocycles. The molecule has 1 aromatic rings. The molecule has 3 atom stereocenters. The Bertz CT molecular complexity index is 1010. The monoisotopic (exact) mass is 412 g/mol. The molecule has 0 N–H and O–H groups in total. The molecule has 0 spiro atoms. The Kier molecular flexibility index (Phi) is 4.60. The van der Waals surface area contributed by atoms with Gasteiger partial charge >= 0.3 is 12.1 Å². The Morgan fingerprint density at radius 1 is 1.41 bits per heavy atom. The number of terminal acetylenes is 1. The van der Waals surface area contributed by atoms with Crippen LogP contribution in [-0.4, -0.2) is 59.1 Å². The van der Waals surface area contributed by atoms with E-state index in [0.29, 0.717) is 30.6 Å². The molecule has 3 saturated heterocycles. The van der Waals surface area contributed by atoms with E-state index in [1.165, 1.54) is 11.0 Å². The molecule has 3 aliphatic rings. The van der Waals surface area contributed by atoms with Gasteiger partial charge in [0.15, 0.2) is 0 Å². The molecule has 2 bridgehead atoms. The maximum absolute atomic E-state index is 13.2. The molecule has 148 valence electrons. The fraction of sp³-hybridized carbons (Fsp3) is 0.400. The van der Waals surface area contributed by atoms with Gasteiger partial charge in [-0.3, -0.25) is 4.79 Å². The van der Waals surface area contributed by atoms with E-state index in [4.69, 9.17) is 28.0 Å². The van der Waals surface area contributed by atoms with Gasteiger partial charge in [0, 0.05) is 13.0 Å². The first kappa shape index (κ1) is 19.1. The van der Waals surface area contributed by atoms with Crippen molar-refractivity contribution >= 4 is 35.3 Å². The van der Waals surface area contributed by atoms with Crippen molar-refractivity contribution in [3.8, 4) is 18.4 Å². The second-order valence-electron chi connectivity index (χ2n) is 7.17. The number of carbonyl (C=O) groups is 3. The first-order chi connectivity index (χ1) is 13.9. The smallest absolute Gasteiger partial charge is 0.410 e. The molecule has 8 nitrogen and oxygen atoms in total. The summed E-state index contributed by atoms with van der Waals surface area (Å²) < 4.78 is 5.17. The van der Waals surface area contributed by atoms with Gasteiger partial charge in [0.1, 0.15) is 18.7 Å². The van der Waals surface area contributed by atoms with E-state index in [1.807, 2.05) is 6.07 Å². The molecule has 3 aliphatic heterocycles. The van der Waals surface area contributed by atoms with Crippen molar-refractivity contribution in [3.63, 3.8) is 0 Å². The summed E-state index contributed by atoms with van der Waals surface area (Å²) in [6.07, 6.45) is 5.49. The molecular weight excluding hydrogens is 396 g/mol. The Hall–Kier alpha value is -3.23. The number of nitriles is 1. The number of nitrogens with zero attached hydrogens (tertiary/aromatic N) is 4. The summed E-state index contributed by atoms with van der Waals surface area (Å²) in [5, 5.41) is 9.33. The number of hydrogen-bond donors (Lipinski definition) is 0. The Morgan fingerprint density at radius 3 is 2.86 bits per heavy atom. The summed E-state index contributed by atoms with van der Waals surface area (Å²) in [5.41, 5.74) is 1.10. The predicted octanol–water partition coefficient (Wildman–Crippen LogP) is 2.27. The SMILES string of the molecule is C#CCCOC(=O)N1C[C@H]2CC1C1C(=O)N(c3ccc(C#N)c(Cl)c3C)C(=O)N12. The number of ether oxygens (including phenoxy) is 1. The lowest BCUT2D eigenvalue weighted by Gasteiger charge is -2.34. The van der Waals surface area contributed by atoms with Crippen molar-refractivity contribution in [2.24, 2.45) is 0 Å². The van der Waals surface area contributed by atoms with Gasteiger partial charge in [0.2, 0.25) is 0 Å². The fourth-order valence-electron chi connectivity index (χ4n) is 4.37. The maximum Gasteiger partial charge on any atom is 0.410 e. The molecule has 0 radical (unpaired) electrons. The van der Waals surface area contributed by atoms with Gasteiger partial charge in [-0.1, -0.05) is 11.6 Å². The van der Waals surface area contributed by atoms with Crippen LogP contribution in [0.3, 0.4) is 0 Å². The number of carbonyl (C=O) groups excluding carboxylic acids is 3. The van der Waals surface area contributed by atoms with Gasteiger partial charge in [-0.25, -0.2) is 14.5 Å². The molecule has 3 fully saturated rings. The normalized spacial score (nSPS) is 24.6. The van der Waals surface area contributed by atoms with Crippen molar-refractivity contribution in [3.05, 3.63) is 28.3 Å². The zero-order valence-electron chi connectivity index (χ0n) is 15.6. The summed E-state index contributed by atoms with van der Waals surface area (Å²) in [4.78, 5) is 42.8. The number of piperazine rings is 1. The Morgan fingerprint density at radius 2 is 2.17 bits per heavy atom. The van der Waals surface area contributed by atoms with Crippen molar-refractivity contribution in [1.29, 1.82) is 5.26 Å². The number of rotatable bonds is 3. The standard InChI is InChI=1S/C20H17ClN4O4/c1-3-4-7-29-20(28)23-10-13-8-15(23)17-18(26)25(19(27)24(13)17)14-6-5-12(9-22)16(21)11(14)2/h1,5-6,13,15,17H,4,7-8,10H2,2H3/t13-,15?,17?/m1/s1. The zero-order valence-corrected chi connectivity index (χ0v) is 16.3. The largest absolute Gasteiger partial charge is 0.448 e. The van der Waals surface area contributed by atoms with Crippen LogP contribution in [0.5, 0.6) is 0 Å². The minimum Gasteiger partial charge on any atom is -0.448 e. The van der Waals surface area contributed by atoms with Crippen LogP contribution >= 0.6 is 11.6 Å². The summed E-state index contributed by atoms with van der Waals surface area (Å²) in [6.45, 7) is 2.09. The summed E-state index contributed by atoms with van der Waals surface area (Å²) >= 11 is 6.22. The van der Waals surface area contributed by atoms with E-state index in [9.17, 15) is 14.4 Å². The van der Waals surface area contributed by atoms with Crippen molar-refractivity contribution < 1.29 is 19.1 Å². The molecule has 4 amide bonds.